The number of aromatic nitrogens is 2. The summed E-state index contributed by atoms with van der Waals surface area (Å²) >= 11 is 0. The highest BCUT2D eigenvalue weighted by Gasteiger charge is 2.13. The Morgan fingerprint density at radius 1 is 1.15 bits per heavy atom. The third-order valence-electron chi connectivity index (χ3n) is 3.10. The second-order valence-electron chi connectivity index (χ2n) is 4.40. The summed E-state index contributed by atoms with van der Waals surface area (Å²) < 4.78 is 27.9. The van der Waals surface area contributed by atoms with Crippen LogP contribution in [-0.4, -0.2) is 14.5 Å². The van der Waals surface area contributed by atoms with Gasteiger partial charge in [-0.05, 0) is 35.9 Å². The minimum absolute atomic E-state index is 0.107. The second-order valence-corrected chi connectivity index (χ2v) is 4.40. The van der Waals surface area contributed by atoms with Crippen LogP contribution in [-0.2, 0) is 6.61 Å². The summed E-state index contributed by atoms with van der Waals surface area (Å²) in [4.78, 5) is 4.30. The number of hydrogen-bond acceptors (Lipinski definition) is 3. The van der Waals surface area contributed by atoms with Gasteiger partial charge < -0.3 is 10.8 Å². The topological polar surface area (TPSA) is 63.5 Å². The van der Waals surface area contributed by atoms with Crippen LogP contribution in [0.2, 0.25) is 0 Å². The number of aliphatic hydroxyl groups excluding tert-OH is 1. The van der Waals surface area contributed by atoms with Gasteiger partial charge >= 0.3 is 0 Å². The molecular formula is C14H11F2N3O. The van der Waals surface area contributed by atoms with Crippen LogP contribution in [0.3, 0.4) is 0 Å². The zero-order valence-corrected chi connectivity index (χ0v) is 10.3. The van der Waals surface area contributed by atoms with Crippen LogP contribution < -0.4 is 5.73 Å². The smallest absolute Gasteiger partial charge is 0.159 e. The summed E-state index contributed by atoms with van der Waals surface area (Å²) in [6.45, 7) is -0.107. The van der Waals surface area contributed by atoms with Gasteiger partial charge in [-0.2, -0.15) is 0 Å². The standard InChI is InChI=1S/C14H11F2N3O/c15-10-2-1-9(6-11(10)16)13-14(17)19-4-3-8(7-20)5-12(19)18-13/h1-6,20H,7,17H2. The van der Waals surface area contributed by atoms with Crippen molar-refractivity contribution < 1.29 is 13.9 Å². The molecule has 0 atom stereocenters. The van der Waals surface area contributed by atoms with Gasteiger partial charge in [-0.15, -0.1) is 0 Å². The lowest BCUT2D eigenvalue weighted by atomic mass is 10.1. The third-order valence-corrected chi connectivity index (χ3v) is 3.10. The Morgan fingerprint density at radius 3 is 2.65 bits per heavy atom. The van der Waals surface area contributed by atoms with E-state index in [1.165, 1.54) is 6.07 Å². The first-order valence-corrected chi connectivity index (χ1v) is 5.93. The molecule has 6 heteroatoms. The number of halogens is 2. The van der Waals surface area contributed by atoms with E-state index in [0.29, 0.717) is 28.3 Å². The SMILES string of the molecule is Nc1c(-c2ccc(F)c(F)c2)nc2cc(CO)ccn12. The molecule has 0 saturated carbocycles. The highest BCUT2D eigenvalue weighted by atomic mass is 19.2. The van der Waals surface area contributed by atoms with Gasteiger partial charge in [-0.1, -0.05) is 0 Å². The molecule has 0 radical (unpaired) electrons. The monoisotopic (exact) mass is 275 g/mol. The summed E-state index contributed by atoms with van der Waals surface area (Å²) in [7, 11) is 0. The first-order chi connectivity index (χ1) is 9.60. The molecule has 0 amide bonds. The minimum Gasteiger partial charge on any atom is -0.392 e. The van der Waals surface area contributed by atoms with E-state index in [0.717, 1.165) is 12.1 Å². The van der Waals surface area contributed by atoms with E-state index in [-0.39, 0.29) is 6.61 Å². The maximum absolute atomic E-state index is 13.3. The number of nitrogens with two attached hydrogens (primary N) is 1. The average molecular weight is 275 g/mol. The lowest BCUT2D eigenvalue weighted by molar-refractivity contribution is 0.282. The summed E-state index contributed by atoms with van der Waals surface area (Å²) in [6, 6.07) is 6.90. The number of pyridine rings is 1. The number of hydrogen-bond donors (Lipinski definition) is 2. The van der Waals surface area contributed by atoms with E-state index in [1.807, 2.05) is 0 Å². The minimum atomic E-state index is -0.949. The van der Waals surface area contributed by atoms with E-state index in [2.05, 4.69) is 4.98 Å². The third kappa shape index (κ3) is 1.90. The van der Waals surface area contributed by atoms with Crippen LogP contribution in [0.15, 0.2) is 36.5 Å². The summed E-state index contributed by atoms with van der Waals surface area (Å²) in [5.41, 5.74) is 7.97. The number of aliphatic hydroxyl groups is 1. The molecule has 0 aliphatic heterocycles. The number of fused-ring (bicyclic) bond motifs is 1. The largest absolute Gasteiger partial charge is 0.392 e. The van der Waals surface area contributed by atoms with Gasteiger partial charge in [0.2, 0.25) is 0 Å². The normalized spacial score (nSPS) is 11.2. The van der Waals surface area contributed by atoms with Crippen molar-refractivity contribution in [3.05, 3.63) is 53.7 Å². The van der Waals surface area contributed by atoms with Gasteiger partial charge in [0, 0.05) is 11.8 Å². The number of benzene rings is 1. The zero-order valence-electron chi connectivity index (χ0n) is 10.3. The Balaban J connectivity index is 2.20. The fraction of sp³-hybridized carbons (Fsp3) is 0.0714. The van der Waals surface area contributed by atoms with E-state index in [4.69, 9.17) is 10.8 Å². The molecule has 0 spiro atoms. The Morgan fingerprint density at radius 2 is 1.95 bits per heavy atom. The van der Waals surface area contributed by atoms with Gasteiger partial charge in [0.15, 0.2) is 11.6 Å². The van der Waals surface area contributed by atoms with Gasteiger partial charge in [0.05, 0.1) is 6.61 Å². The van der Waals surface area contributed by atoms with Gasteiger partial charge in [-0.3, -0.25) is 4.40 Å². The highest BCUT2D eigenvalue weighted by Crippen LogP contribution is 2.27. The molecule has 0 bridgehead atoms. The Hall–Kier alpha value is -2.47. The van der Waals surface area contributed by atoms with Crippen molar-refractivity contribution >= 4 is 11.5 Å². The second kappa shape index (κ2) is 4.57. The lowest BCUT2D eigenvalue weighted by Gasteiger charge is -2.01. The zero-order chi connectivity index (χ0) is 14.3. The molecule has 0 fully saturated rings. The van der Waals surface area contributed by atoms with Crippen molar-refractivity contribution in [3.63, 3.8) is 0 Å². The van der Waals surface area contributed by atoms with Crippen molar-refractivity contribution in [3.8, 4) is 11.3 Å². The number of rotatable bonds is 2. The Kier molecular flexibility index (Phi) is 2.87. The van der Waals surface area contributed by atoms with Gasteiger partial charge in [-0.25, -0.2) is 13.8 Å². The summed E-state index contributed by atoms with van der Waals surface area (Å²) in [5, 5.41) is 9.10. The van der Waals surface area contributed by atoms with E-state index in [1.54, 1.807) is 22.7 Å². The Bertz CT molecular complexity index is 798. The molecular weight excluding hydrogens is 264 g/mol. The number of nitrogen functional groups attached to an aromatic ring is 1. The molecule has 2 aromatic heterocycles. The highest BCUT2D eigenvalue weighted by molar-refractivity contribution is 5.75. The molecule has 3 rings (SSSR count). The maximum Gasteiger partial charge on any atom is 0.159 e. The van der Waals surface area contributed by atoms with Crippen LogP contribution in [0, 0.1) is 11.6 Å². The number of imidazole rings is 1. The molecule has 0 unspecified atom stereocenters. The molecule has 0 saturated heterocycles. The average Bonchev–Trinajstić information content (AvgIpc) is 2.78. The molecule has 4 nitrogen and oxygen atoms in total. The lowest BCUT2D eigenvalue weighted by Crippen LogP contribution is -1.95. The molecule has 0 aliphatic carbocycles. The fourth-order valence-corrected chi connectivity index (χ4v) is 2.06. The molecule has 3 aromatic rings. The molecule has 3 N–H and O–H groups in total. The molecule has 0 aliphatic rings. The maximum atomic E-state index is 13.3. The van der Waals surface area contributed by atoms with Gasteiger partial charge in [0.25, 0.3) is 0 Å². The van der Waals surface area contributed by atoms with Gasteiger partial charge in [0.1, 0.15) is 17.2 Å². The predicted octanol–water partition coefficient (Wildman–Crippen LogP) is 2.35. The van der Waals surface area contributed by atoms with Crippen LogP contribution in [0.1, 0.15) is 5.56 Å². The van der Waals surface area contributed by atoms with E-state index in [9.17, 15) is 8.78 Å². The molecule has 2 heterocycles. The molecule has 20 heavy (non-hydrogen) atoms. The first kappa shape index (κ1) is 12.6. The fourth-order valence-electron chi connectivity index (χ4n) is 2.06. The first-order valence-electron chi connectivity index (χ1n) is 5.93. The molecule has 1 aromatic carbocycles. The van der Waals surface area contributed by atoms with Crippen molar-refractivity contribution in [1.82, 2.24) is 9.38 Å². The van der Waals surface area contributed by atoms with Crippen LogP contribution in [0.5, 0.6) is 0 Å². The number of anilines is 1. The van der Waals surface area contributed by atoms with E-state index < -0.39 is 11.6 Å². The van der Waals surface area contributed by atoms with Crippen LogP contribution >= 0.6 is 0 Å². The van der Waals surface area contributed by atoms with Crippen molar-refractivity contribution in [2.75, 3.05) is 5.73 Å². The quantitative estimate of drug-likeness (QED) is 0.754. The summed E-state index contributed by atoms with van der Waals surface area (Å²) in [6.07, 6.45) is 1.67. The van der Waals surface area contributed by atoms with Crippen molar-refractivity contribution in [2.45, 2.75) is 6.61 Å². The van der Waals surface area contributed by atoms with Crippen molar-refractivity contribution in [2.24, 2.45) is 0 Å². The Labute approximate surface area is 113 Å². The van der Waals surface area contributed by atoms with E-state index >= 15 is 0 Å². The summed E-state index contributed by atoms with van der Waals surface area (Å²) in [5.74, 6) is -1.54. The predicted molar refractivity (Wildman–Crippen MR) is 70.9 cm³/mol. The number of nitrogens with zero attached hydrogens (tertiary/aromatic N) is 2. The van der Waals surface area contributed by atoms with Crippen LogP contribution in [0.25, 0.3) is 16.9 Å². The van der Waals surface area contributed by atoms with Crippen LogP contribution in [0.4, 0.5) is 14.6 Å². The molecule has 102 valence electrons. The van der Waals surface area contributed by atoms with Crippen molar-refractivity contribution in [1.29, 1.82) is 0 Å².